The van der Waals surface area contributed by atoms with Gasteiger partial charge in [0.1, 0.15) is 13.2 Å². The van der Waals surface area contributed by atoms with Crippen molar-refractivity contribution in [2.75, 3.05) is 40.1 Å². The Hall–Kier alpha value is -1.26. The zero-order chi connectivity index (χ0) is 12.3. The Balaban J connectivity index is 2.40. The highest BCUT2D eigenvalue weighted by molar-refractivity contribution is 5.39. The summed E-state index contributed by atoms with van der Waals surface area (Å²) in [7, 11) is 1.65. The molecule has 0 N–H and O–H groups in total. The van der Waals surface area contributed by atoms with Crippen molar-refractivity contribution >= 4 is 0 Å². The Labute approximate surface area is 102 Å². The molecule has 4 nitrogen and oxygen atoms in total. The van der Waals surface area contributed by atoms with Crippen LogP contribution in [0.15, 0.2) is 24.3 Å². The molecule has 0 unspecified atom stereocenters. The molecule has 0 aliphatic carbocycles. The molecule has 0 saturated heterocycles. The molecule has 0 aliphatic heterocycles. The van der Waals surface area contributed by atoms with E-state index < -0.39 is 0 Å². The van der Waals surface area contributed by atoms with E-state index in [0.29, 0.717) is 33.0 Å². The summed E-state index contributed by atoms with van der Waals surface area (Å²) in [4.78, 5) is 0. The Kier molecular flexibility index (Phi) is 7.18. The molecule has 0 radical (unpaired) electrons. The largest absolute Gasteiger partial charge is 0.487 e. The minimum Gasteiger partial charge on any atom is -0.487 e. The van der Waals surface area contributed by atoms with Crippen LogP contribution in [0.3, 0.4) is 0 Å². The predicted octanol–water partition coefficient (Wildman–Crippen LogP) is 2.13. The van der Waals surface area contributed by atoms with Crippen LogP contribution in [0, 0.1) is 0 Å². The van der Waals surface area contributed by atoms with Gasteiger partial charge in [-0.05, 0) is 19.1 Å². The number of benzene rings is 1. The van der Waals surface area contributed by atoms with Crippen molar-refractivity contribution in [2.45, 2.75) is 6.92 Å². The van der Waals surface area contributed by atoms with Gasteiger partial charge in [-0.1, -0.05) is 12.1 Å². The van der Waals surface area contributed by atoms with Crippen LogP contribution in [0.25, 0.3) is 0 Å². The van der Waals surface area contributed by atoms with E-state index in [0.717, 1.165) is 11.5 Å². The lowest BCUT2D eigenvalue weighted by molar-refractivity contribution is 0.106. The maximum absolute atomic E-state index is 5.58. The molecular formula is C13H20O4. The molecule has 0 saturated carbocycles. The van der Waals surface area contributed by atoms with E-state index in [4.69, 9.17) is 18.9 Å². The minimum absolute atomic E-state index is 0.516. The lowest BCUT2D eigenvalue weighted by Crippen LogP contribution is -2.09. The van der Waals surface area contributed by atoms with Gasteiger partial charge in [-0.2, -0.15) is 0 Å². The monoisotopic (exact) mass is 240 g/mol. The van der Waals surface area contributed by atoms with Crippen LogP contribution in [0.2, 0.25) is 0 Å². The van der Waals surface area contributed by atoms with E-state index in [-0.39, 0.29) is 0 Å². The zero-order valence-corrected chi connectivity index (χ0v) is 10.5. The lowest BCUT2D eigenvalue weighted by atomic mass is 10.3. The second-order valence-corrected chi connectivity index (χ2v) is 3.33. The van der Waals surface area contributed by atoms with Gasteiger partial charge < -0.3 is 18.9 Å². The van der Waals surface area contributed by atoms with E-state index >= 15 is 0 Å². The maximum atomic E-state index is 5.58. The van der Waals surface area contributed by atoms with Crippen molar-refractivity contribution in [3.05, 3.63) is 24.3 Å². The number of ether oxygens (including phenoxy) is 4. The van der Waals surface area contributed by atoms with E-state index in [1.165, 1.54) is 0 Å². The first-order valence-corrected chi connectivity index (χ1v) is 5.79. The number of rotatable bonds is 9. The van der Waals surface area contributed by atoms with Crippen molar-refractivity contribution < 1.29 is 18.9 Å². The van der Waals surface area contributed by atoms with Gasteiger partial charge >= 0.3 is 0 Å². The molecule has 1 aromatic rings. The molecule has 0 bridgehead atoms. The SMILES string of the molecule is CCOCCOc1ccccc1OCCOC. The van der Waals surface area contributed by atoms with Crippen molar-refractivity contribution in [1.82, 2.24) is 0 Å². The van der Waals surface area contributed by atoms with E-state index in [1.807, 2.05) is 31.2 Å². The van der Waals surface area contributed by atoms with Gasteiger partial charge in [-0.15, -0.1) is 0 Å². The molecule has 17 heavy (non-hydrogen) atoms. The highest BCUT2D eigenvalue weighted by Crippen LogP contribution is 2.26. The molecule has 0 aromatic heterocycles. The van der Waals surface area contributed by atoms with Crippen LogP contribution >= 0.6 is 0 Å². The predicted molar refractivity (Wildman–Crippen MR) is 65.8 cm³/mol. The summed E-state index contributed by atoms with van der Waals surface area (Å²) in [6.45, 7) is 4.86. The first kappa shape index (κ1) is 13.8. The fraction of sp³-hybridized carbons (Fsp3) is 0.538. The third kappa shape index (κ3) is 5.56. The minimum atomic E-state index is 0.516. The number of hydrogen-bond acceptors (Lipinski definition) is 4. The summed E-state index contributed by atoms with van der Waals surface area (Å²) in [5.41, 5.74) is 0. The average Bonchev–Trinajstić information content (AvgIpc) is 2.36. The summed E-state index contributed by atoms with van der Waals surface area (Å²) in [5.74, 6) is 1.48. The molecule has 1 aromatic carbocycles. The van der Waals surface area contributed by atoms with Crippen LogP contribution in [0.1, 0.15) is 6.92 Å². The molecule has 0 aliphatic rings. The molecule has 96 valence electrons. The first-order valence-electron chi connectivity index (χ1n) is 5.79. The fourth-order valence-corrected chi connectivity index (χ4v) is 1.28. The Morgan fingerprint density at radius 1 is 0.882 bits per heavy atom. The third-order valence-electron chi connectivity index (χ3n) is 2.08. The third-order valence-corrected chi connectivity index (χ3v) is 2.08. The Morgan fingerprint density at radius 2 is 1.47 bits per heavy atom. The molecule has 0 spiro atoms. The van der Waals surface area contributed by atoms with Gasteiger partial charge in [0.15, 0.2) is 11.5 Å². The van der Waals surface area contributed by atoms with Gasteiger partial charge in [0.2, 0.25) is 0 Å². The fourth-order valence-electron chi connectivity index (χ4n) is 1.28. The molecule has 0 heterocycles. The second kappa shape index (κ2) is 8.84. The van der Waals surface area contributed by atoms with Gasteiger partial charge in [0.05, 0.1) is 13.2 Å². The van der Waals surface area contributed by atoms with Crippen molar-refractivity contribution in [3.8, 4) is 11.5 Å². The van der Waals surface area contributed by atoms with E-state index in [1.54, 1.807) is 7.11 Å². The van der Waals surface area contributed by atoms with Gasteiger partial charge in [0, 0.05) is 13.7 Å². The summed E-state index contributed by atoms with van der Waals surface area (Å²) >= 11 is 0. The van der Waals surface area contributed by atoms with Gasteiger partial charge in [0.25, 0.3) is 0 Å². The highest BCUT2D eigenvalue weighted by Gasteiger charge is 2.03. The van der Waals surface area contributed by atoms with Crippen LogP contribution in [-0.2, 0) is 9.47 Å². The van der Waals surface area contributed by atoms with Crippen LogP contribution < -0.4 is 9.47 Å². The number of hydrogen-bond donors (Lipinski definition) is 0. The standard InChI is InChI=1S/C13H20O4/c1-3-15-9-11-17-13-7-5-4-6-12(13)16-10-8-14-2/h4-7H,3,8-11H2,1-2H3. The quantitative estimate of drug-likeness (QED) is 0.620. The van der Waals surface area contributed by atoms with Crippen LogP contribution in [-0.4, -0.2) is 40.1 Å². The van der Waals surface area contributed by atoms with Crippen LogP contribution in [0.5, 0.6) is 11.5 Å². The Bertz CT molecular complexity index is 301. The normalized spacial score (nSPS) is 10.2. The van der Waals surface area contributed by atoms with Crippen molar-refractivity contribution in [3.63, 3.8) is 0 Å². The van der Waals surface area contributed by atoms with E-state index in [9.17, 15) is 0 Å². The zero-order valence-electron chi connectivity index (χ0n) is 10.5. The summed E-state index contributed by atoms with van der Waals surface area (Å²) < 4.78 is 21.3. The average molecular weight is 240 g/mol. The smallest absolute Gasteiger partial charge is 0.161 e. The number of methoxy groups -OCH3 is 1. The number of para-hydroxylation sites is 2. The van der Waals surface area contributed by atoms with Crippen molar-refractivity contribution in [2.24, 2.45) is 0 Å². The van der Waals surface area contributed by atoms with E-state index in [2.05, 4.69) is 0 Å². The van der Waals surface area contributed by atoms with Gasteiger partial charge in [-0.3, -0.25) is 0 Å². The Morgan fingerprint density at radius 3 is 2.00 bits per heavy atom. The lowest BCUT2D eigenvalue weighted by Gasteiger charge is -2.12. The van der Waals surface area contributed by atoms with Crippen LogP contribution in [0.4, 0.5) is 0 Å². The summed E-state index contributed by atoms with van der Waals surface area (Å²) in [5, 5.41) is 0. The maximum Gasteiger partial charge on any atom is 0.161 e. The second-order valence-electron chi connectivity index (χ2n) is 3.33. The highest BCUT2D eigenvalue weighted by atomic mass is 16.5. The summed E-state index contributed by atoms with van der Waals surface area (Å²) in [6, 6.07) is 7.59. The first-order chi connectivity index (χ1) is 8.38. The summed E-state index contributed by atoms with van der Waals surface area (Å²) in [6.07, 6.45) is 0. The molecule has 4 heteroatoms. The molecule has 0 atom stereocenters. The van der Waals surface area contributed by atoms with Gasteiger partial charge in [-0.25, -0.2) is 0 Å². The topological polar surface area (TPSA) is 36.9 Å². The molecule has 1 rings (SSSR count). The molecule has 0 fully saturated rings. The molecule has 0 amide bonds. The van der Waals surface area contributed by atoms with Crippen molar-refractivity contribution in [1.29, 1.82) is 0 Å². The molecular weight excluding hydrogens is 220 g/mol.